The molecule has 0 saturated carbocycles. The summed E-state index contributed by atoms with van der Waals surface area (Å²) in [5.74, 6) is 0.797. The van der Waals surface area contributed by atoms with Crippen LogP contribution in [0.2, 0.25) is 0 Å². The number of methoxy groups -OCH3 is 1. The van der Waals surface area contributed by atoms with E-state index in [0.29, 0.717) is 35.5 Å². The summed E-state index contributed by atoms with van der Waals surface area (Å²) in [6, 6.07) is 9.10. The molecule has 0 aliphatic heterocycles. The molecule has 26 heavy (non-hydrogen) atoms. The van der Waals surface area contributed by atoms with Gasteiger partial charge in [0.2, 0.25) is 0 Å². The Morgan fingerprint density at radius 3 is 2.92 bits per heavy atom. The quantitative estimate of drug-likeness (QED) is 0.389. The molecule has 1 aromatic carbocycles. The zero-order valence-electron chi connectivity index (χ0n) is 17.8. The van der Waals surface area contributed by atoms with Crippen molar-refractivity contribution in [3.63, 3.8) is 0 Å². The summed E-state index contributed by atoms with van der Waals surface area (Å²) in [6.45, 7) is 2.23. The molecule has 8 heteroatoms. The van der Waals surface area contributed by atoms with Gasteiger partial charge in [0.25, 0.3) is 0 Å². The first-order valence-corrected chi connectivity index (χ1v) is 9.14. The molecule has 0 aliphatic rings. The maximum absolute atomic E-state index is 12.7. The molecule has 0 bridgehead atoms. The van der Waals surface area contributed by atoms with Crippen LogP contribution in [0.5, 0.6) is 5.75 Å². The van der Waals surface area contributed by atoms with E-state index in [1.165, 1.54) is 0 Å². The number of imidazole rings is 1. The molecule has 3 rings (SSSR count). The van der Waals surface area contributed by atoms with Crippen molar-refractivity contribution in [2.24, 2.45) is 0 Å². The van der Waals surface area contributed by atoms with E-state index >= 15 is 0 Å². The topological polar surface area (TPSA) is 75.4 Å². The average molecular weight is 384 g/mol. The second-order valence-electron chi connectivity index (χ2n) is 5.42. The van der Waals surface area contributed by atoms with E-state index < -0.39 is 17.8 Å². The first-order valence-electron chi connectivity index (χ1n) is 9.32. The summed E-state index contributed by atoms with van der Waals surface area (Å²) in [6.07, 6.45) is 2.03. The van der Waals surface area contributed by atoms with Crippen molar-refractivity contribution in [3.8, 4) is 5.75 Å². The third kappa shape index (κ3) is 5.14. The van der Waals surface area contributed by atoms with Crippen LogP contribution in [0, 0.1) is 6.92 Å². The van der Waals surface area contributed by atoms with Crippen LogP contribution < -0.4 is 39.3 Å². The van der Waals surface area contributed by atoms with Gasteiger partial charge in [-0.15, -0.1) is 0 Å². The van der Waals surface area contributed by atoms with Crippen molar-refractivity contribution in [1.29, 1.82) is 0 Å². The number of nitrogens with zero attached hydrogens (tertiary/aromatic N) is 3. The van der Waals surface area contributed by atoms with Gasteiger partial charge in [-0.1, -0.05) is 24.3 Å². The van der Waals surface area contributed by atoms with Crippen molar-refractivity contribution in [2.45, 2.75) is 24.3 Å². The van der Waals surface area contributed by atoms with Crippen LogP contribution in [-0.2, 0) is 21.3 Å². The molecule has 0 unspecified atom stereocenters. The summed E-state index contributed by atoms with van der Waals surface area (Å²) < 4.78 is 44.0. The molecule has 0 fully saturated rings. The largest absolute Gasteiger partial charge is 1.00 e. The van der Waals surface area contributed by atoms with Gasteiger partial charge in [0.05, 0.1) is 33.0 Å². The second-order valence-corrected chi connectivity index (χ2v) is 6.76. The summed E-state index contributed by atoms with van der Waals surface area (Å²) >= 11 is 0. The fourth-order valence-corrected chi connectivity index (χ4v) is 3.42. The van der Waals surface area contributed by atoms with Crippen LogP contribution in [0.25, 0.3) is 11.0 Å². The molecular formula is C18H20N3NaO3S. The van der Waals surface area contributed by atoms with E-state index in [0.717, 1.165) is 5.56 Å². The maximum Gasteiger partial charge on any atom is 1.00 e. The molecule has 3 aromatic rings. The third-order valence-electron chi connectivity index (χ3n) is 3.69. The van der Waals surface area contributed by atoms with Gasteiger partial charge in [-0.2, -0.15) is 0 Å². The number of pyridine rings is 1. The van der Waals surface area contributed by atoms with Gasteiger partial charge in [-0.3, -0.25) is 9.19 Å². The molecule has 0 radical (unpaired) electrons. The van der Waals surface area contributed by atoms with E-state index in [1.54, 1.807) is 12.3 Å². The van der Waals surface area contributed by atoms with E-state index in [2.05, 4.69) is 15.0 Å². The fourth-order valence-electron chi connectivity index (χ4n) is 2.35. The minimum Gasteiger partial charge on any atom is -0.493 e. The molecule has 2 heterocycles. The number of fused-ring (bicyclic) bond motifs is 1. The summed E-state index contributed by atoms with van der Waals surface area (Å²) in [4.78, 5) is 12.9. The average Bonchev–Trinajstić information content (AvgIpc) is 3.07. The SMILES string of the molecule is [2H]C([2H])([2H])OCCCOc1ccnc(C[S@@](=O)c2nc3ccccc3[n-]2)c1C.[Na+]. The number of ether oxygens (including phenoxy) is 2. The van der Waals surface area contributed by atoms with Crippen LogP contribution in [0.4, 0.5) is 0 Å². The standard InChI is InChI=1S/C18H20N3O3S.Na/c1-13-16(19-9-8-17(13)24-11-5-10-23-2)12-25(22)18-20-14-6-3-4-7-15(14)21-18;/h3-4,6-9H,5,10-12H2,1-2H3;/q-1;+1/t25-;/m1./s1/i2D3;. The number of hydrogen-bond donors (Lipinski definition) is 0. The van der Waals surface area contributed by atoms with E-state index in [4.69, 9.17) is 13.6 Å². The molecule has 0 N–H and O–H groups in total. The third-order valence-corrected chi connectivity index (χ3v) is 4.82. The van der Waals surface area contributed by atoms with Gasteiger partial charge in [-0.25, -0.2) is 0 Å². The summed E-state index contributed by atoms with van der Waals surface area (Å²) in [7, 11) is -3.82. The zero-order chi connectivity index (χ0) is 20.1. The predicted molar refractivity (Wildman–Crippen MR) is 96.1 cm³/mol. The van der Waals surface area contributed by atoms with Crippen molar-refractivity contribution in [3.05, 3.63) is 47.8 Å². The fraction of sp³-hybridized carbons (Fsp3) is 0.333. The van der Waals surface area contributed by atoms with Crippen LogP contribution >= 0.6 is 0 Å². The van der Waals surface area contributed by atoms with Crippen LogP contribution in [0.15, 0.2) is 41.7 Å². The van der Waals surface area contributed by atoms with Gasteiger partial charge in [-0.05, 0) is 24.0 Å². The van der Waals surface area contributed by atoms with Crippen LogP contribution in [0.3, 0.4) is 0 Å². The van der Waals surface area contributed by atoms with Crippen molar-refractivity contribution < 1.29 is 47.4 Å². The molecule has 6 nitrogen and oxygen atoms in total. The predicted octanol–water partition coefficient (Wildman–Crippen LogP) is -0.377. The molecule has 132 valence electrons. The molecule has 0 amide bonds. The van der Waals surface area contributed by atoms with Gasteiger partial charge in [0, 0.05) is 37.0 Å². The number of para-hydroxylation sites is 2. The summed E-state index contributed by atoms with van der Waals surface area (Å²) in [5.41, 5.74) is 2.85. The van der Waals surface area contributed by atoms with Gasteiger partial charge >= 0.3 is 29.6 Å². The molecule has 1 atom stereocenters. The Balaban J connectivity index is 0.00000300. The first-order chi connectivity index (χ1) is 13.3. The Morgan fingerprint density at radius 1 is 1.27 bits per heavy atom. The van der Waals surface area contributed by atoms with E-state index in [-0.39, 0.29) is 47.1 Å². The van der Waals surface area contributed by atoms with Gasteiger partial charge < -0.3 is 19.4 Å². The van der Waals surface area contributed by atoms with Gasteiger partial charge in [0.1, 0.15) is 5.75 Å². The Morgan fingerprint density at radius 2 is 2.12 bits per heavy atom. The Kier molecular flexibility index (Phi) is 6.61. The Labute approximate surface area is 181 Å². The minimum atomic E-state index is -2.39. The number of rotatable bonds is 8. The number of hydrogen-bond acceptors (Lipinski definition) is 5. The minimum absolute atomic E-state index is 0. The Bertz CT molecular complexity index is 949. The number of aromatic nitrogens is 3. The Hall–Kier alpha value is -1.25. The van der Waals surface area contributed by atoms with Crippen molar-refractivity contribution in [1.82, 2.24) is 15.0 Å². The van der Waals surface area contributed by atoms with Crippen LogP contribution in [-0.4, -0.2) is 34.4 Å². The molecule has 2 aromatic heterocycles. The van der Waals surface area contributed by atoms with Gasteiger partial charge in [0.15, 0.2) is 0 Å². The molecule has 0 aliphatic carbocycles. The molecule has 0 saturated heterocycles. The van der Waals surface area contributed by atoms with Crippen molar-refractivity contribution >= 4 is 21.8 Å². The van der Waals surface area contributed by atoms with E-state index in [1.807, 2.05) is 31.2 Å². The number of benzene rings is 1. The molecular weight excluding hydrogens is 361 g/mol. The maximum atomic E-state index is 12.7. The van der Waals surface area contributed by atoms with Crippen LogP contribution in [0.1, 0.15) is 21.8 Å². The molecule has 0 spiro atoms. The zero-order valence-corrected chi connectivity index (χ0v) is 17.6. The van der Waals surface area contributed by atoms with E-state index in [9.17, 15) is 4.21 Å². The smallest absolute Gasteiger partial charge is 0.493 e. The second kappa shape index (κ2) is 10.2. The monoisotopic (exact) mass is 384 g/mol. The van der Waals surface area contributed by atoms with Crippen molar-refractivity contribution in [2.75, 3.05) is 20.3 Å². The normalized spacial score (nSPS) is 14.1. The first kappa shape index (κ1) is 16.9. The summed E-state index contributed by atoms with van der Waals surface area (Å²) in [5, 5.41) is 0.288.